The number of rotatable bonds is 5. The molecule has 0 aliphatic carbocycles. The summed E-state index contributed by atoms with van der Waals surface area (Å²) in [4.78, 5) is 0. The monoisotopic (exact) mass is 619 g/mol. The summed E-state index contributed by atoms with van der Waals surface area (Å²) in [6.45, 7) is 2.29. The van der Waals surface area contributed by atoms with Crippen molar-refractivity contribution in [1.29, 1.82) is 0 Å². The van der Waals surface area contributed by atoms with Crippen LogP contribution < -0.4 is 0 Å². The Morgan fingerprint density at radius 1 is 0.500 bits per heavy atom. The maximum absolute atomic E-state index is 2.43. The molecule has 182 valence electrons. The van der Waals surface area contributed by atoms with Gasteiger partial charge in [-0.15, -0.1) is 0 Å². The van der Waals surface area contributed by atoms with E-state index in [2.05, 4.69) is 153 Å². The summed E-state index contributed by atoms with van der Waals surface area (Å²) in [7, 11) is 0. The third-order valence-electron chi connectivity index (χ3n) is 6.69. The standard InChI is InChI=1S/C36H27Se2/c1-26(31-22-33(27-14-6-2-7-15-27)37-34(23-31)28-16-8-3-9-17-28)32-24-35(29-18-10-4-11-19-29)38-36(25-32)30-20-12-5-13-21-30/h2-25H,1H3/q+1. The van der Waals surface area contributed by atoms with Crippen molar-refractivity contribution < 1.29 is 0 Å². The van der Waals surface area contributed by atoms with Gasteiger partial charge in [-0.05, 0) is 0 Å². The van der Waals surface area contributed by atoms with Crippen molar-refractivity contribution in [1.82, 2.24) is 0 Å². The molecule has 0 bridgehead atoms. The van der Waals surface area contributed by atoms with Crippen molar-refractivity contribution in [3.05, 3.63) is 168 Å². The summed E-state index contributed by atoms with van der Waals surface area (Å²) in [6.07, 6.45) is 4.85. The van der Waals surface area contributed by atoms with Crippen LogP contribution in [0.2, 0.25) is 0 Å². The van der Waals surface area contributed by atoms with Gasteiger partial charge >= 0.3 is 239 Å². The van der Waals surface area contributed by atoms with Crippen molar-refractivity contribution in [2.75, 3.05) is 0 Å². The van der Waals surface area contributed by atoms with Crippen molar-refractivity contribution in [2.24, 2.45) is 0 Å². The Morgan fingerprint density at radius 2 is 0.868 bits per heavy atom. The Hall–Kier alpha value is -3.51. The second kappa shape index (κ2) is 11.5. The first-order chi connectivity index (χ1) is 18.7. The number of allylic oxidation sites excluding steroid dienone is 4. The van der Waals surface area contributed by atoms with Gasteiger partial charge in [-0.25, -0.2) is 0 Å². The summed E-state index contributed by atoms with van der Waals surface area (Å²) < 4.78 is 5.70. The Morgan fingerprint density at radius 3 is 1.26 bits per heavy atom. The first kappa shape index (κ1) is 24.8. The van der Waals surface area contributed by atoms with Crippen LogP contribution in [0.5, 0.6) is 0 Å². The zero-order valence-electron chi connectivity index (χ0n) is 21.2. The molecule has 0 atom stereocenters. The SMILES string of the molecule is CC(=C1C=C(c2ccccc2)[Se]C(c2ccccc2)=C1)c1cc(-c2ccccc2)[se+]c(-c2ccccc2)c1. The van der Waals surface area contributed by atoms with Gasteiger partial charge in [-0.3, -0.25) is 0 Å². The van der Waals surface area contributed by atoms with E-state index >= 15 is 0 Å². The molecule has 0 N–H and O–H groups in total. The second-order valence-corrected chi connectivity index (χ2v) is 13.8. The van der Waals surface area contributed by atoms with E-state index in [0.717, 1.165) is 0 Å². The van der Waals surface area contributed by atoms with Crippen LogP contribution in [0.25, 0.3) is 34.5 Å². The van der Waals surface area contributed by atoms with Crippen LogP contribution in [0, 0.1) is 0 Å². The molecular weight excluding hydrogens is 590 g/mol. The first-order valence-corrected chi connectivity index (χ1v) is 16.2. The van der Waals surface area contributed by atoms with Crippen LogP contribution in [0.3, 0.4) is 0 Å². The van der Waals surface area contributed by atoms with Crippen LogP contribution in [-0.4, -0.2) is 29.5 Å². The summed E-state index contributed by atoms with van der Waals surface area (Å²) in [5.74, 6) is 0. The van der Waals surface area contributed by atoms with Gasteiger partial charge in [0.2, 0.25) is 0 Å². The Balaban J connectivity index is 1.54. The molecule has 0 amide bonds. The molecule has 0 fully saturated rings. The van der Waals surface area contributed by atoms with Crippen LogP contribution in [0.4, 0.5) is 0 Å². The molecule has 1 aromatic heterocycles. The fraction of sp³-hybridized carbons (Fsp3) is 0.0278. The average Bonchev–Trinajstić information content (AvgIpc) is 3.02. The molecule has 0 saturated carbocycles. The summed E-state index contributed by atoms with van der Waals surface area (Å²) >= 11 is 0.478. The Labute approximate surface area is 237 Å². The van der Waals surface area contributed by atoms with Gasteiger partial charge in [-0.2, -0.15) is 0 Å². The summed E-state index contributed by atoms with van der Waals surface area (Å²) in [5, 5.41) is 0. The van der Waals surface area contributed by atoms with Crippen LogP contribution in [0.15, 0.2) is 151 Å². The molecule has 0 saturated heterocycles. The molecule has 4 aromatic carbocycles. The fourth-order valence-electron chi connectivity index (χ4n) is 4.58. The van der Waals surface area contributed by atoms with Gasteiger partial charge < -0.3 is 0 Å². The zero-order valence-corrected chi connectivity index (χ0v) is 24.6. The Kier molecular flexibility index (Phi) is 7.49. The van der Waals surface area contributed by atoms with Gasteiger partial charge in [0.05, 0.1) is 0 Å². The predicted molar refractivity (Wildman–Crippen MR) is 166 cm³/mol. The average molecular weight is 618 g/mol. The molecule has 6 rings (SSSR count). The van der Waals surface area contributed by atoms with Crippen molar-refractivity contribution in [3.63, 3.8) is 0 Å². The van der Waals surface area contributed by atoms with Crippen molar-refractivity contribution in [2.45, 2.75) is 6.92 Å². The van der Waals surface area contributed by atoms with Crippen LogP contribution in [-0.2, 0) is 0 Å². The van der Waals surface area contributed by atoms with Crippen molar-refractivity contribution >= 4 is 44.0 Å². The minimum absolute atomic E-state index is 0.239. The van der Waals surface area contributed by atoms with E-state index in [1.807, 2.05) is 0 Å². The van der Waals surface area contributed by atoms with E-state index in [0.29, 0.717) is 0 Å². The van der Waals surface area contributed by atoms with Crippen molar-refractivity contribution in [3.8, 4) is 20.0 Å². The molecule has 0 unspecified atom stereocenters. The summed E-state index contributed by atoms with van der Waals surface area (Å²) in [5.41, 5.74) is 9.18. The maximum atomic E-state index is 2.43. The van der Waals surface area contributed by atoms with Gasteiger partial charge in [-0.1, -0.05) is 0 Å². The minimum atomic E-state index is 0.239. The van der Waals surface area contributed by atoms with Gasteiger partial charge in [0.25, 0.3) is 0 Å². The molecule has 2 heterocycles. The molecule has 0 spiro atoms. The van der Waals surface area contributed by atoms with Crippen LogP contribution in [0.1, 0.15) is 23.6 Å². The molecule has 1 aliphatic heterocycles. The molecule has 38 heavy (non-hydrogen) atoms. The molecule has 5 aromatic rings. The van der Waals surface area contributed by atoms with Gasteiger partial charge in [0.15, 0.2) is 0 Å². The third kappa shape index (κ3) is 5.51. The zero-order chi connectivity index (χ0) is 25.7. The second-order valence-electron chi connectivity index (χ2n) is 9.24. The van der Waals surface area contributed by atoms with E-state index in [-0.39, 0.29) is 29.5 Å². The summed E-state index contributed by atoms with van der Waals surface area (Å²) in [6, 6.07) is 48.3. The molecule has 0 radical (unpaired) electrons. The van der Waals surface area contributed by atoms with Gasteiger partial charge in [0.1, 0.15) is 0 Å². The number of hydrogen-bond donors (Lipinski definition) is 0. The predicted octanol–water partition coefficient (Wildman–Crippen LogP) is 8.93. The van der Waals surface area contributed by atoms with E-state index < -0.39 is 0 Å². The van der Waals surface area contributed by atoms with E-state index in [1.54, 1.807) is 0 Å². The fourth-order valence-corrected chi connectivity index (χ4v) is 9.27. The quantitative estimate of drug-likeness (QED) is 0.173. The van der Waals surface area contributed by atoms with Gasteiger partial charge in [0, 0.05) is 0 Å². The molecule has 2 heteroatoms. The molecule has 1 aliphatic rings. The van der Waals surface area contributed by atoms with E-state index in [1.165, 1.54) is 56.8 Å². The normalized spacial score (nSPS) is 13.0. The molecular formula is C36H27Se2+. The first-order valence-electron chi connectivity index (χ1n) is 12.8. The number of hydrogen-bond acceptors (Lipinski definition) is 0. The van der Waals surface area contributed by atoms with E-state index in [4.69, 9.17) is 0 Å². The van der Waals surface area contributed by atoms with Crippen LogP contribution >= 0.6 is 0 Å². The Bertz CT molecular complexity index is 1530. The van der Waals surface area contributed by atoms with E-state index in [9.17, 15) is 0 Å². The molecule has 0 nitrogen and oxygen atoms in total. The third-order valence-corrected chi connectivity index (χ3v) is 11.5. The topological polar surface area (TPSA) is 0 Å². The number of benzene rings is 4.